The molecular formula is C10H13N3. The van der Waals surface area contributed by atoms with Crippen LogP contribution in [0.1, 0.15) is 5.56 Å². The van der Waals surface area contributed by atoms with E-state index in [4.69, 9.17) is 0 Å². The second kappa shape index (κ2) is 3.11. The number of hydrogen-bond donors (Lipinski definition) is 1. The molecule has 3 nitrogen and oxygen atoms in total. The van der Waals surface area contributed by atoms with Crippen LogP contribution in [0.5, 0.6) is 0 Å². The number of hydrazine groups is 2. The van der Waals surface area contributed by atoms with Gasteiger partial charge in [-0.05, 0) is 19.1 Å². The molecule has 0 bridgehead atoms. The van der Waals surface area contributed by atoms with E-state index >= 15 is 0 Å². The molecule has 1 aliphatic heterocycles. The Morgan fingerprint density at radius 2 is 1.77 bits per heavy atom. The molecule has 0 unspecified atom stereocenters. The third-order valence-electron chi connectivity index (χ3n) is 2.02. The first kappa shape index (κ1) is 8.13. The molecule has 0 atom stereocenters. The van der Waals surface area contributed by atoms with Gasteiger partial charge in [0.15, 0.2) is 0 Å². The minimum Gasteiger partial charge on any atom is -0.299 e. The first-order valence-electron chi connectivity index (χ1n) is 4.29. The summed E-state index contributed by atoms with van der Waals surface area (Å²) in [5.41, 5.74) is 5.57. The van der Waals surface area contributed by atoms with Gasteiger partial charge in [-0.15, -0.1) is 5.53 Å². The number of nitrogens with one attached hydrogen (secondary N) is 1. The quantitative estimate of drug-likeness (QED) is 0.700. The molecule has 13 heavy (non-hydrogen) atoms. The summed E-state index contributed by atoms with van der Waals surface area (Å²) >= 11 is 0. The van der Waals surface area contributed by atoms with Gasteiger partial charge in [-0.3, -0.25) is 10.0 Å². The molecule has 3 heteroatoms. The predicted molar refractivity (Wildman–Crippen MR) is 53.7 cm³/mol. The van der Waals surface area contributed by atoms with Crippen molar-refractivity contribution >= 4 is 5.69 Å². The molecule has 2 rings (SSSR count). The lowest BCUT2D eigenvalue weighted by atomic mass is 10.2. The minimum atomic E-state index is 1.14. The minimum absolute atomic E-state index is 1.14. The zero-order chi connectivity index (χ0) is 9.26. The first-order valence-corrected chi connectivity index (χ1v) is 4.29. The maximum Gasteiger partial charge on any atom is 0.0589 e. The Kier molecular flexibility index (Phi) is 1.94. The van der Waals surface area contributed by atoms with Crippen molar-refractivity contribution < 1.29 is 0 Å². The Morgan fingerprint density at radius 3 is 2.31 bits per heavy atom. The van der Waals surface area contributed by atoms with Gasteiger partial charge in [0.05, 0.1) is 5.69 Å². The summed E-state index contributed by atoms with van der Waals surface area (Å²) in [6, 6.07) is 8.38. The Balaban J connectivity index is 2.18. The van der Waals surface area contributed by atoms with Crippen LogP contribution in [0.2, 0.25) is 0 Å². The third-order valence-corrected chi connectivity index (χ3v) is 2.02. The predicted octanol–water partition coefficient (Wildman–Crippen LogP) is 1.64. The van der Waals surface area contributed by atoms with Crippen molar-refractivity contribution in [2.24, 2.45) is 0 Å². The van der Waals surface area contributed by atoms with Gasteiger partial charge in [0.1, 0.15) is 0 Å². The zero-order valence-corrected chi connectivity index (χ0v) is 7.86. The average molecular weight is 175 g/mol. The molecule has 0 saturated carbocycles. The lowest BCUT2D eigenvalue weighted by molar-refractivity contribution is 0.359. The van der Waals surface area contributed by atoms with Crippen molar-refractivity contribution in [3.05, 3.63) is 42.2 Å². The molecule has 1 aromatic rings. The molecule has 1 aromatic carbocycles. The topological polar surface area (TPSA) is 18.5 Å². The van der Waals surface area contributed by atoms with Gasteiger partial charge < -0.3 is 0 Å². The molecule has 1 aliphatic rings. The normalized spacial score (nSPS) is 15.5. The molecule has 68 valence electrons. The molecule has 0 amide bonds. The van der Waals surface area contributed by atoms with Crippen LogP contribution in [0.15, 0.2) is 36.7 Å². The van der Waals surface area contributed by atoms with E-state index in [1.165, 1.54) is 5.56 Å². The molecule has 0 spiro atoms. The van der Waals surface area contributed by atoms with Crippen LogP contribution in [0.25, 0.3) is 0 Å². The van der Waals surface area contributed by atoms with E-state index in [9.17, 15) is 0 Å². The van der Waals surface area contributed by atoms with Crippen LogP contribution in [-0.2, 0) is 0 Å². The van der Waals surface area contributed by atoms with Gasteiger partial charge in [-0.2, -0.15) is 0 Å². The Bertz CT molecular complexity index is 315. The van der Waals surface area contributed by atoms with Crippen molar-refractivity contribution in [1.29, 1.82) is 0 Å². The summed E-state index contributed by atoms with van der Waals surface area (Å²) in [6.45, 7) is 2.09. The summed E-state index contributed by atoms with van der Waals surface area (Å²) in [5.74, 6) is 0. The second-order valence-electron chi connectivity index (χ2n) is 3.21. The van der Waals surface area contributed by atoms with Gasteiger partial charge >= 0.3 is 0 Å². The average Bonchev–Trinajstić information content (AvgIpc) is 2.53. The van der Waals surface area contributed by atoms with Gasteiger partial charge in [0, 0.05) is 19.4 Å². The molecule has 0 fully saturated rings. The number of aryl methyl sites for hydroxylation is 1. The number of rotatable bonds is 1. The SMILES string of the molecule is Cc1ccc(N2C=CN(C)N2)cc1. The highest BCUT2D eigenvalue weighted by Gasteiger charge is 2.08. The summed E-state index contributed by atoms with van der Waals surface area (Å²) in [6.07, 6.45) is 3.96. The molecule has 1 heterocycles. The largest absolute Gasteiger partial charge is 0.299 e. The van der Waals surface area contributed by atoms with Crippen molar-refractivity contribution in [2.45, 2.75) is 6.92 Å². The molecule has 0 aromatic heterocycles. The molecular weight excluding hydrogens is 162 g/mol. The van der Waals surface area contributed by atoms with Crippen molar-refractivity contribution in [1.82, 2.24) is 10.5 Å². The first-order chi connectivity index (χ1) is 6.25. The van der Waals surface area contributed by atoms with E-state index in [1.807, 2.05) is 29.5 Å². The van der Waals surface area contributed by atoms with Crippen LogP contribution in [-0.4, -0.2) is 12.1 Å². The lowest BCUT2D eigenvalue weighted by Crippen LogP contribution is -2.36. The van der Waals surface area contributed by atoms with Gasteiger partial charge in [0.25, 0.3) is 0 Å². The van der Waals surface area contributed by atoms with Gasteiger partial charge in [-0.1, -0.05) is 17.7 Å². The second-order valence-corrected chi connectivity index (χ2v) is 3.21. The van der Waals surface area contributed by atoms with E-state index in [0.717, 1.165) is 5.69 Å². The Labute approximate surface area is 78.2 Å². The van der Waals surface area contributed by atoms with Crippen molar-refractivity contribution in [3.63, 3.8) is 0 Å². The maximum atomic E-state index is 3.15. The van der Waals surface area contributed by atoms with Crippen LogP contribution < -0.4 is 10.5 Å². The van der Waals surface area contributed by atoms with E-state index in [1.54, 1.807) is 0 Å². The monoisotopic (exact) mass is 175 g/mol. The van der Waals surface area contributed by atoms with E-state index in [0.29, 0.717) is 0 Å². The standard InChI is InChI=1S/C10H13N3/c1-9-3-5-10(6-4-9)13-8-7-12(2)11-13/h3-8,11H,1-2H3. The molecule has 0 radical (unpaired) electrons. The summed E-state index contributed by atoms with van der Waals surface area (Å²) in [7, 11) is 1.96. The summed E-state index contributed by atoms with van der Waals surface area (Å²) in [5, 5.41) is 3.87. The van der Waals surface area contributed by atoms with Gasteiger partial charge in [-0.25, -0.2) is 0 Å². The summed E-state index contributed by atoms with van der Waals surface area (Å²) < 4.78 is 0. The fraction of sp³-hybridized carbons (Fsp3) is 0.200. The summed E-state index contributed by atoms with van der Waals surface area (Å²) in [4.78, 5) is 0. The highest BCUT2D eigenvalue weighted by atomic mass is 15.8. The third kappa shape index (κ3) is 1.65. The zero-order valence-electron chi connectivity index (χ0n) is 7.86. The smallest absolute Gasteiger partial charge is 0.0589 e. The van der Waals surface area contributed by atoms with Gasteiger partial charge in [0.2, 0.25) is 0 Å². The number of nitrogens with zero attached hydrogens (tertiary/aromatic N) is 2. The lowest BCUT2D eigenvalue weighted by Gasteiger charge is -2.19. The van der Waals surface area contributed by atoms with Crippen molar-refractivity contribution in [2.75, 3.05) is 12.1 Å². The van der Waals surface area contributed by atoms with Crippen molar-refractivity contribution in [3.8, 4) is 0 Å². The van der Waals surface area contributed by atoms with E-state index in [-0.39, 0.29) is 0 Å². The highest BCUT2D eigenvalue weighted by Crippen LogP contribution is 2.15. The van der Waals surface area contributed by atoms with Crippen LogP contribution in [0, 0.1) is 6.92 Å². The fourth-order valence-corrected chi connectivity index (χ4v) is 1.25. The van der Waals surface area contributed by atoms with Crippen LogP contribution >= 0.6 is 0 Å². The van der Waals surface area contributed by atoms with Crippen LogP contribution in [0.4, 0.5) is 5.69 Å². The fourth-order valence-electron chi connectivity index (χ4n) is 1.25. The van der Waals surface area contributed by atoms with E-state index < -0.39 is 0 Å². The molecule has 0 saturated heterocycles. The Morgan fingerprint density at radius 1 is 1.08 bits per heavy atom. The van der Waals surface area contributed by atoms with E-state index in [2.05, 4.69) is 36.7 Å². The Hall–Kier alpha value is -1.48. The molecule has 0 aliphatic carbocycles. The number of hydrogen-bond acceptors (Lipinski definition) is 3. The maximum absolute atomic E-state index is 3.15. The number of anilines is 1. The highest BCUT2D eigenvalue weighted by molar-refractivity contribution is 5.49. The number of benzene rings is 1. The molecule has 1 N–H and O–H groups in total. The van der Waals surface area contributed by atoms with Crippen LogP contribution in [0.3, 0.4) is 0 Å².